The molecule has 0 aromatic carbocycles. The first-order chi connectivity index (χ1) is 9.25. The van der Waals surface area contributed by atoms with Crippen molar-refractivity contribution in [2.45, 2.75) is 12.8 Å². The van der Waals surface area contributed by atoms with Gasteiger partial charge in [-0.25, -0.2) is 0 Å². The SMILES string of the molecule is O=C(O)C1CC2C(CC1C(=O)O)C(C(=O)O)C2C(=O)O. The van der Waals surface area contributed by atoms with E-state index in [1.54, 1.807) is 0 Å². The summed E-state index contributed by atoms with van der Waals surface area (Å²) in [5.74, 6) is -10.8. The Morgan fingerprint density at radius 2 is 0.900 bits per heavy atom. The van der Waals surface area contributed by atoms with Crippen molar-refractivity contribution >= 4 is 23.9 Å². The van der Waals surface area contributed by atoms with Gasteiger partial charge in [0.15, 0.2) is 0 Å². The van der Waals surface area contributed by atoms with E-state index in [2.05, 4.69) is 0 Å². The standard InChI is InChI=1S/C12H14O8/c13-9(14)5-1-3-4(2-6(5)10(15)16)8(12(19)20)7(3)11(17)18/h3-8H,1-2H2,(H,13,14)(H,15,16)(H,17,18)(H,19,20). The van der Waals surface area contributed by atoms with Crippen molar-refractivity contribution in [3.63, 3.8) is 0 Å². The second-order valence-electron chi connectivity index (χ2n) is 5.42. The minimum atomic E-state index is -1.28. The van der Waals surface area contributed by atoms with Crippen LogP contribution in [-0.2, 0) is 19.2 Å². The number of hydrogen-bond donors (Lipinski definition) is 4. The van der Waals surface area contributed by atoms with Gasteiger partial charge < -0.3 is 20.4 Å². The Morgan fingerprint density at radius 3 is 1.10 bits per heavy atom. The molecule has 0 spiro atoms. The molecule has 4 N–H and O–H groups in total. The zero-order valence-electron chi connectivity index (χ0n) is 10.3. The maximum atomic E-state index is 11.1. The van der Waals surface area contributed by atoms with E-state index in [1.807, 2.05) is 0 Å². The van der Waals surface area contributed by atoms with Gasteiger partial charge in [0, 0.05) is 0 Å². The minimum absolute atomic E-state index is 0.0995. The minimum Gasteiger partial charge on any atom is -0.481 e. The van der Waals surface area contributed by atoms with Crippen LogP contribution in [-0.4, -0.2) is 44.3 Å². The van der Waals surface area contributed by atoms with E-state index in [4.69, 9.17) is 20.4 Å². The molecule has 0 amide bonds. The fraction of sp³-hybridized carbons (Fsp3) is 0.667. The van der Waals surface area contributed by atoms with E-state index in [-0.39, 0.29) is 12.8 Å². The third-order valence-electron chi connectivity index (χ3n) is 4.60. The zero-order chi connectivity index (χ0) is 15.2. The van der Waals surface area contributed by atoms with E-state index in [0.717, 1.165) is 0 Å². The van der Waals surface area contributed by atoms with Gasteiger partial charge in [-0.1, -0.05) is 0 Å². The monoisotopic (exact) mass is 286 g/mol. The molecule has 6 unspecified atom stereocenters. The number of rotatable bonds is 4. The number of carboxylic acids is 4. The highest BCUT2D eigenvalue weighted by molar-refractivity contribution is 5.85. The van der Waals surface area contributed by atoms with Crippen LogP contribution in [0.2, 0.25) is 0 Å². The number of aliphatic carboxylic acids is 4. The first-order valence-electron chi connectivity index (χ1n) is 6.17. The molecule has 8 heteroatoms. The predicted octanol–water partition coefficient (Wildman–Crippen LogP) is -0.171. The second kappa shape index (κ2) is 4.77. The van der Waals surface area contributed by atoms with Gasteiger partial charge in [-0.05, 0) is 24.7 Å². The molecule has 8 nitrogen and oxygen atoms in total. The van der Waals surface area contributed by atoms with Crippen LogP contribution in [0.5, 0.6) is 0 Å². The van der Waals surface area contributed by atoms with Gasteiger partial charge >= 0.3 is 23.9 Å². The highest BCUT2D eigenvalue weighted by atomic mass is 16.4. The van der Waals surface area contributed by atoms with Gasteiger partial charge in [-0.3, -0.25) is 19.2 Å². The molecule has 0 radical (unpaired) electrons. The molecule has 0 aromatic heterocycles. The van der Waals surface area contributed by atoms with E-state index in [1.165, 1.54) is 0 Å². The maximum absolute atomic E-state index is 11.1. The molecule has 2 aliphatic rings. The Morgan fingerprint density at radius 1 is 0.600 bits per heavy atom. The molecule has 6 atom stereocenters. The van der Waals surface area contributed by atoms with Crippen molar-refractivity contribution in [3.05, 3.63) is 0 Å². The van der Waals surface area contributed by atoms with Gasteiger partial charge in [0.2, 0.25) is 0 Å². The lowest BCUT2D eigenvalue weighted by molar-refractivity contribution is -0.188. The molecule has 2 aliphatic carbocycles. The number of fused-ring (bicyclic) bond motifs is 1. The second-order valence-corrected chi connectivity index (χ2v) is 5.42. The van der Waals surface area contributed by atoms with Crippen LogP contribution in [0.1, 0.15) is 12.8 Å². The van der Waals surface area contributed by atoms with Crippen LogP contribution >= 0.6 is 0 Å². The summed E-state index contributed by atoms with van der Waals surface area (Å²) in [7, 11) is 0. The fourth-order valence-electron chi connectivity index (χ4n) is 3.70. The highest BCUT2D eigenvalue weighted by Gasteiger charge is 2.62. The Hall–Kier alpha value is -2.12. The number of hydrogen-bond acceptors (Lipinski definition) is 4. The third kappa shape index (κ3) is 2.00. The molecule has 0 heterocycles. The summed E-state index contributed by atoms with van der Waals surface area (Å²) < 4.78 is 0. The van der Waals surface area contributed by atoms with Crippen LogP contribution in [0, 0.1) is 35.5 Å². The molecular formula is C12H14O8. The Labute approximate surface area is 113 Å². The lowest BCUT2D eigenvalue weighted by Gasteiger charge is -2.53. The summed E-state index contributed by atoms with van der Waals surface area (Å²) in [6.07, 6.45) is -0.199. The van der Waals surface area contributed by atoms with Crippen LogP contribution in [0.3, 0.4) is 0 Å². The Bertz CT molecular complexity index is 412. The molecule has 0 aromatic rings. The van der Waals surface area contributed by atoms with Gasteiger partial charge in [0.25, 0.3) is 0 Å². The van der Waals surface area contributed by atoms with E-state index in [0.29, 0.717) is 0 Å². The van der Waals surface area contributed by atoms with Crippen LogP contribution in [0.15, 0.2) is 0 Å². The summed E-state index contributed by atoms with van der Waals surface area (Å²) in [4.78, 5) is 44.5. The van der Waals surface area contributed by atoms with Gasteiger partial charge in [-0.2, -0.15) is 0 Å². The average Bonchev–Trinajstić information content (AvgIpc) is 2.28. The van der Waals surface area contributed by atoms with Gasteiger partial charge in [-0.15, -0.1) is 0 Å². The Kier molecular flexibility index (Phi) is 3.41. The van der Waals surface area contributed by atoms with Crippen molar-refractivity contribution < 1.29 is 39.6 Å². The van der Waals surface area contributed by atoms with Crippen molar-refractivity contribution in [2.75, 3.05) is 0 Å². The summed E-state index contributed by atoms with van der Waals surface area (Å²) in [6.45, 7) is 0. The summed E-state index contributed by atoms with van der Waals surface area (Å²) in [6, 6.07) is 0. The first kappa shape index (κ1) is 14.3. The van der Waals surface area contributed by atoms with E-state index >= 15 is 0 Å². The van der Waals surface area contributed by atoms with Crippen LogP contribution in [0.25, 0.3) is 0 Å². The quantitative estimate of drug-likeness (QED) is 0.556. The summed E-state index contributed by atoms with van der Waals surface area (Å²) in [5.41, 5.74) is 0. The van der Waals surface area contributed by atoms with Crippen LogP contribution in [0.4, 0.5) is 0 Å². The molecule has 2 fully saturated rings. The zero-order valence-corrected chi connectivity index (χ0v) is 10.3. The normalized spacial score (nSPS) is 39.2. The van der Waals surface area contributed by atoms with Gasteiger partial charge in [0.1, 0.15) is 0 Å². The summed E-state index contributed by atoms with van der Waals surface area (Å²) >= 11 is 0. The first-order valence-corrected chi connectivity index (χ1v) is 6.17. The molecule has 20 heavy (non-hydrogen) atoms. The molecule has 0 bridgehead atoms. The largest absolute Gasteiger partial charge is 0.481 e. The van der Waals surface area contributed by atoms with Crippen molar-refractivity contribution in [3.8, 4) is 0 Å². The fourth-order valence-corrected chi connectivity index (χ4v) is 3.70. The third-order valence-corrected chi connectivity index (χ3v) is 4.60. The van der Waals surface area contributed by atoms with E-state index < -0.39 is 59.4 Å². The molecular weight excluding hydrogens is 272 g/mol. The molecule has 2 saturated carbocycles. The van der Waals surface area contributed by atoms with Gasteiger partial charge in [0.05, 0.1) is 23.7 Å². The lowest BCUT2D eigenvalue weighted by Crippen LogP contribution is -2.59. The number of carboxylic acid groups (broad SMARTS) is 4. The van der Waals surface area contributed by atoms with Crippen LogP contribution < -0.4 is 0 Å². The summed E-state index contributed by atoms with van der Waals surface area (Å²) in [5, 5.41) is 36.2. The molecule has 110 valence electrons. The Balaban J connectivity index is 2.27. The number of carbonyl (C=O) groups is 4. The van der Waals surface area contributed by atoms with Crippen molar-refractivity contribution in [1.29, 1.82) is 0 Å². The topological polar surface area (TPSA) is 149 Å². The van der Waals surface area contributed by atoms with Crippen molar-refractivity contribution in [1.82, 2.24) is 0 Å². The van der Waals surface area contributed by atoms with Crippen molar-refractivity contribution in [2.24, 2.45) is 35.5 Å². The smallest absolute Gasteiger partial charge is 0.307 e. The molecule has 0 aliphatic heterocycles. The predicted molar refractivity (Wildman–Crippen MR) is 60.7 cm³/mol. The maximum Gasteiger partial charge on any atom is 0.307 e. The molecule has 2 rings (SSSR count). The molecule has 0 saturated heterocycles. The lowest BCUT2D eigenvalue weighted by atomic mass is 9.48. The van der Waals surface area contributed by atoms with E-state index in [9.17, 15) is 19.2 Å². The highest BCUT2D eigenvalue weighted by Crippen LogP contribution is 2.56. The average molecular weight is 286 g/mol.